The molecule has 6 nitrogen and oxygen atoms in total. The molecule has 0 saturated carbocycles. The lowest BCUT2D eigenvalue weighted by Gasteiger charge is -2.35. The Morgan fingerprint density at radius 3 is 2.22 bits per heavy atom. The second-order valence-corrected chi connectivity index (χ2v) is 6.96. The molecule has 0 aliphatic carbocycles. The minimum absolute atomic E-state index is 0.153. The number of nitriles is 1. The fourth-order valence-electron chi connectivity index (χ4n) is 3.63. The number of amides is 1. The van der Waals surface area contributed by atoms with Gasteiger partial charge < -0.3 is 14.9 Å². The lowest BCUT2D eigenvalue weighted by atomic mass is 9.92. The van der Waals surface area contributed by atoms with Crippen LogP contribution in [-0.2, 0) is 9.59 Å². The minimum Gasteiger partial charge on any atom is -0.481 e. The van der Waals surface area contributed by atoms with E-state index in [9.17, 15) is 14.9 Å². The first kappa shape index (κ1) is 17.3. The summed E-state index contributed by atoms with van der Waals surface area (Å²) >= 11 is 0. The Hall–Kier alpha value is -2.03. The number of nitrogens with zero attached hydrogens (tertiary/aromatic N) is 3. The van der Waals surface area contributed by atoms with Gasteiger partial charge in [-0.05, 0) is 31.1 Å². The number of carbonyl (C=O) groups is 2. The third-order valence-corrected chi connectivity index (χ3v) is 4.69. The zero-order chi connectivity index (χ0) is 17.0. The first-order chi connectivity index (χ1) is 10.9. The van der Waals surface area contributed by atoms with Gasteiger partial charge in [-0.3, -0.25) is 9.59 Å². The first-order valence-electron chi connectivity index (χ1n) is 8.28. The van der Waals surface area contributed by atoms with Crippen LogP contribution in [0.3, 0.4) is 0 Å². The smallest absolute Gasteiger partial charge is 0.306 e. The predicted molar refractivity (Wildman–Crippen MR) is 85.2 cm³/mol. The van der Waals surface area contributed by atoms with Crippen LogP contribution in [-0.4, -0.2) is 53.0 Å². The standard InChI is InChI=1S/C17H25N3O3/c1-12-7-13(2)10-19(9-12)11-15(8-18)16(21)20-5-3-14(4-6-20)17(22)23/h11-14H,3-7,9-10H2,1-2H3,(H,22,23)/b15-11-. The quantitative estimate of drug-likeness (QED) is 0.632. The molecule has 2 atom stereocenters. The molecule has 6 heteroatoms. The Morgan fingerprint density at radius 2 is 1.74 bits per heavy atom. The third-order valence-electron chi connectivity index (χ3n) is 4.69. The summed E-state index contributed by atoms with van der Waals surface area (Å²) in [5.74, 6) is -0.350. The van der Waals surface area contributed by atoms with E-state index in [1.54, 1.807) is 11.1 Å². The highest BCUT2D eigenvalue weighted by Gasteiger charge is 2.29. The van der Waals surface area contributed by atoms with Crippen molar-refractivity contribution in [2.24, 2.45) is 17.8 Å². The molecule has 2 aliphatic rings. The molecule has 126 valence electrons. The van der Waals surface area contributed by atoms with Gasteiger partial charge in [0.15, 0.2) is 0 Å². The van der Waals surface area contributed by atoms with Gasteiger partial charge in [0.05, 0.1) is 5.92 Å². The lowest BCUT2D eigenvalue weighted by Crippen LogP contribution is -2.41. The molecule has 2 saturated heterocycles. The van der Waals surface area contributed by atoms with Gasteiger partial charge in [-0.25, -0.2) is 0 Å². The van der Waals surface area contributed by atoms with Crippen molar-refractivity contribution in [1.82, 2.24) is 9.80 Å². The largest absolute Gasteiger partial charge is 0.481 e. The molecular formula is C17H25N3O3. The average molecular weight is 319 g/mol. The van der Waals surface area contributed by atoms with Crippen molar-refractivity contribution in [3.63, 3.8) is 0 Å². The normalized spacial score (nSPS) is 26.7. The van der Waals surface area contributed by atoms with Crippen molar-refractivity contribution in [1.29, 1.82) is 5.26 Å². The Kier molecular flexibility index (Phi) is 5.64. The van der Waals surface area contributed by atoms with Crippen molar-refractivity contribution < 1.29 is 14.7 Å². The van der Waals surface area contributed by atoms with Crippen molar-refractivity contribution in [3.8, 4) is 6.07 Å². The maximum atomic E-state index is 12.5. The SMILES string of the molecule is CC1CC(C)CN(/C=C(/C#N)C(=O)N2CCC(C(=O)O)CC2)C1. The number of hydrogen-bond donors (Lipinski definition) is 1. The summed E-state index contributed by atoms with van der Waals surface area (Å²) in [7, 11) is 0. The monoisotopic (exact) mass is 319 g/mol. The Bertz CT molecular complexity index is 520. The average Bonchev–Trinajstić information content (AvgIpc) is 2.51. The van der Waals surface area contributed by atoms with Crippen molar-refractivity contribution in [3.05, 3.63) is 11.8 Å². The first-order valence-corrected chi connectivity index (χ1v) is 8.28. The van der Waals surface area contributed by atoms with E-state index in [4.69, 9.17) is 5.11 Å². The highest BCUT2D eigenvalue weighted by atomic mass is 16.4. The van der Waals surface area contributed by atoms with E-state index < -0.39 is 5.97 Å². The molecule has 2 aliphatic heterocycles. The number of rotatable bonds is 3. The number of piperidine rings is 2. The van der Waals surface area contributed by atoms with Crippen LogP contribution in [0.25, 0.3) is 0 Å². The van der Waals surface area contributed by atoms with Crippen LogP contribution in [0.5, 0.6) is 0 Å². The second kappa shape index (κ2) is 7.49. The van der Waals surface area contributed by atoms with Crippen molar-refractivity contribution in [2.45, 2.75) is 33.1 Å². The number of carbonyl (C=O) groups excluding carboxylic acids is 1. The van der Waals surface area contributed by atoms with Crippen LogP contribution < -0.4 is 0 Å². The third kappa shape index (κ3) is 4.47. The molecule has 0 aromatic carbocycles. The number of aliphatic carboxylic acids is 1. The molecule has 0 aromatic rings. The van der Waals surface area contributed by atoms with Gasteiger partial charge in [0.1, 0.15) is 11.6 Å². The molecule has 0 radical (unpaired) electrons. The van der Waals surface area contributed by atoms with Gasteiger partial charge in [0.2, 0.25) is 0 Å². The van der Waals surface area contributed by atoms with Gasteiger partial charge in [0, 0.05) is 32.4 Å². The van der Waals surface area contributed by atoms with E-state index >= 15 is 0 Å². The molecule has 2 rings (SSSR count). The summed E-state index contributed by atoms with van der Waals surface area (Å²) in [6, 6.07) is 2.02. The maximum Gasteiger partial charge on any atom is 0.306 e. The summed E-state index contributed by atoms with van der Waals surface area (Å²) in [5.41, 5.74) is 0.153. The van der Waals surface area contributed by atoms with Crippen LogP contribution in [0.2, 0.25) is 0 Å². The van der Waals surface area contributed by atoms with Crippen LogP contribution in [0.4, 0.5) is 0 Å². The molecule has 1 N–H and O–H groups in total. The van der Waals surface area contributed by atoms with E-state index in [0.717, 1.165) is 13.1 Å². The lowest BCUT2D eigenvalue weighted by molar-refractivity contribution is -0.145. The molecule has 0 bridgehead atoms. The molecule has 0 spiro atoms. The van der Waals surface area contributed by atoms with E-state index in [2.05, 4.69) is 18.7 Å². The topological polar surface area (TPSA) is 84.6 Å². The molecule has 23 heavy (non-hydrogen) atoms. The van der Waals surface area contributed by atoms with Gasteiger partial charge in [-0.2, -0.15) is 5.26 Å². The fraction of sp³-hybridized carbons (Fsp3) is 0.706. The van der Waals surface area contributed by atoms with Gasteiger partial charge >= 0.3 is 5.97 Å². The van der Waals surface area contributed by atoms with Crippen LogP contribution in [0.1, 0.15) is 33.1 Å². The fourth-order valence-corrected chi connectivity index (χ4v) is 3.63. The predicted octanol–water partition coefficient (Wildman–Crippen LogP) is 1.69. The van der Waals surface area contributed by atoms with E-state index in [0.29, 0.717) is 37.8 Å². The summed E-state index contributed by atoms with van der Waals surface area (Å²) in [5, 5.41) is 18.4. The van der Waals surface area contributed by atoms with Gasteiger partial charge in [0.25, 0.3) is 5.91 Å². The maximum absolute atomic E-state index is 12.5. The summed E-state index contributed by atoms with van der Waals surface area (Å²) in [6.45, 7) is 6.90. The molecular weight excluding hydrogens is 294 g/mol. The molecule has 2 unspecified atom stereocenters. The van der Waals surface area contributed by atoms with Crippen LogP contribution in [0, 0.1) is 29.1 Å². The number of hydrogen-bond acceptors (Lipinski definition) is 4. The zero-order valence-corrected chi connectivity index (χ0v) is 13.9. The van der Waals surface area contributed by atoms with Gasteiger partial charge in [-0.1, -0.05) is 13.8 Å². The number of likely N-dealkylation sites (tertiary alicyclic amines) is 2. The molecule has 2 heterocycles. The van der Waals surface area contributed by atoms with Gasteiger partial charge in [-0.15, -0.1) is 0 Å². The number of carboxylic acid groups (broad SMARTS) is 1. The zero-order valence-electron chi connectivity index (χ0n) is 13.9. The van der Waals surface area contributed by atoms with Crippen molar-refractivity contribution in [2.75, 3.05) is 26.2 Å². The molecule has 2 fully saturated rings. The van der Waals surface area contributed by atoms with E-state index in [-0.39, 0.29) is 17.4 Å². The summed E-state index contributed by atoms with van der Waals surface area (Å²) < 4.78 is 0. The Labute approximate surface area is 137 Å². The second-order valence-electron chi connectivity index (χ2n) is 6.96. The minimum atomic E-state index is -0.801. The highest BCUT2D eigenvalue weighted by molar-refractivity contribution is 5.97. The molecule has 0 aromatic heterocycles. The van der Waals surface area contributed by atoms with Crippen LogP contribution >= 0.6 is 0 Å². The summed E-state index contributed by atoms with van der Waals surface area (Å²) in [4.78, 5) is 27.1. The van der Waals surface area contributed by atoms with E-state index in [1.165, 1.54) is 6.42 Å². The highest BCUT2D eigenvalue weighted by Crippen LogP contribution is 2.23. The number of carboxylic acids is 1. The Balaban J connectivity index is 2.00. The summed E-state index contributed by atoms with van der Waals surface area (Å²) in [6.07, 6.45) is 3.77. The van der Waals surface area contributed by atoms with E-state index in [1.807, 2.05) is 6.07 Å². The van der Waals surface area contributed by atoms with Crippen molar-refractivity contribution >= 4 is 11.9 Å². The van der Waals surface area contributed by atoms with Crippen LogP contribution in [0.15, 0.2) is 11.8 Å². The molecule has 1 amide bonds. The Morgan fingerprint density at radius 1 is 1.17 bits per heavy atom.